The number of alkyl carbamates (subject to hydrolysis) is 1. The molecule has 0 aromatic heterocycles. The van der Waals surface area contributed by atoms with Crippen molar-refractivity contribution in [3.05, 3.63) is 82.9 Å². The minimum atomic E-state index is -2.31. The number of carbonyl (C=O) groups is 5. The van der Waals surface area contributed by atoms with E-state index in [1.54, 1.807) is 90.1 Å². The molecular formula is C44H55NO14. The van der Waals surface area contributed by atoms with Crippen LogP contribution < -0.4 is 5.32 Å². The molecular weight excluding hydrogens is 766 g/mol. The van der Waals surface area contributed by atoms with Crippen molar-refractivity contribution in [3.63, 3.8) is 0 Å². The predicted octanol–water partition coefficient (Wildman–Crippen LogP) is 3.91. The van der Waals surface area contributed by atoms with Gasteiger partial charge in [0.25, 0.3) is 0 Å². The van der Waals surface area contributed by atoms with Gasteiger partial charge in [0, 0.05) is 32.3 Å². The number of aliphatic hydroxyl groups is 3. The van der Waals surface area contributed by atoms with Gasteiger partial charge in [0.05, 0.1) is 35.6 Å². The summed E-state index contributed by atoms with van der Waals surface area (Å²) in [6, 6.07) is 15.3. The Balaban J connectivity index is 1.50. The van der Waals surface area contributed by atoms with Crippen LogP contribution in [0.3, 0.4) is 0 Å². The van der Waals surface area contributed by atoms with Crippen molar-refractivity contribution in [2.75, 3.05) is 13.7 Å². The summed E-state index contributed by atoms with van der Waals surface area (Å²) >= 11 is 0. The lowest BCUT2D eigenvalue weighted by atomic mass is 9.44. The van der Waals surface area contributed by atoms with E-state index in [2.05, 4.69) is 5.32 Å². The van der Waals surface area contributed by atoms with Crippen molar-refractivity contribution in [2.45, 2.75) is 128 Å². The molecule has 0 spiro atoms. The van der Waals surface area contributed by atoms with Crippen LogP contribution in [0.4, 0.5) is 4.79 Å². The second-order valence-corrected chi connectivity index (χ2v) is 17.8. The Labute approximate surface area is 343 Å². The summed E-state index contributed by atoms with van der Waals surface area (Å²) in [5.41, 5.74) is -7.72. The Morgan fingerprint density at radius 3 is 2.10 bits per heavy atom. The molecule has 5 unspecified atom stereocenters. The summed E-state index contributed by atoms with van der Waals surface area (Å²) in [6.45, 7) is 12.1. The highest BCUT2D eigenvalue weighted by Gasteiger charge is 2.78. The van der Waals surface area contributed by atoms with Crippen LogP contribution in [0.15, 0.2) is 71.8 Å². The lowest BCUT2D eigenvalue weighted by molar-refractivity contribution is -0.346. The smallest absolute Gasteiger partial charge is 0.408 e. The van der Waals surface area contributed by atoms with E-state index in [0.717, 1.165) is 0 Å². The minimum absolute atomic E-state index is 0.0179. The van der Waals surface area contributed by atoms with Gasteiger partial charge in [-0.05, 0) is 63.5 Å². The topological polar surface area (TPSA) is 213 Å². The van der Waals surface area contributed by atoms with Crippen molar-refractivity contribution in [3.8, 4) is 0 Å². The quantitative estimate of drug-likeness (QED) is 0.161. The molecule has 6 rings (SSSR count). The van der Waals surface area contributed by atoms with Gasteiger partial charge < -0.3 is 49.1 Å². The average Bonchev–Trinajstić information content (AvgIpc) is 3.16. The van der Waals surface area contributed by atoms with E-state index in [1.165, 1.54) is 33.1 Å². The molecule has 59 heavy (non-hydrogen) atoms. The molecule has 3 aliphatic carbocycles. The molecule has 3 fully saturated rings. The van der Waals surface area contributed by atoms with E-state index in [9.17, 15) is 34.5 Å². The molecule has 320 valence electrons. The van der Waals surface area contributed by atoms with Crippen LogP contribution in [0.5, 0.6) is 0 Å². The number of rotatable bonds is 9. The molecule has 11 atom stereocenters. The number of hydrogen-bond donors (Lipinski definition) is 4. The number of ether oxygens (including phenoxy) is 6. The number of benzene rings is 2. The van der Waals surface area contributed by atoms with Gasteiger partial charge in [-0.2, -0.15) is 0 Å². The van der Waals surface area contributed by atoms with Crippen LogP contribution in [0, 0.1) is 16.7 Å². The number of amides is 1. The van der Waals surface area contributed by atoms with Crippen LogP contribution in [-0.4, -0.2) is 112 Å². The average molecular weight is 822 g/mol. The fourth-order valence-electron chi connectivity index (χ4n) is 9.78. The normalized spacial score (nSPS) is 33.3. The van der Waals surface area contributed by atoms with Crippen LogP contribution in [-0.2, 0) is 42.8 Å². The first-order chi connectivity index (χ1) is 27.5. The van der Waals surface area contributed by atoms with Crippen molar-refractivity contribution in [1.29, 1.82) is 0 Å². The first-order valence-corrected chi connectivity index (χ1v) is 19.7. The molecule has 1 aliphatic heterocycles. The molecule has 2 saturated carbocycles. The number of ketones is 1. The Kier molecular flexibility index (Phi) is 11.7. The highest BCUT2D eigenvalue weighted by Crippen LogP contribution is 2.64. The minimum Gasteiger partial charge on any atom is -0.456 e. The Hall–Kier alpha value is -4.67. The lowest BCUT2D eigenvalue weighted by Crippen LogP contribution is -2.81. The van der Waals surface area contributed by atoms with E-state index in [0.29, 0.717) is 5.56 Å². The van der Waals surface area contributed by atoms with E-state index >= 15 is 4.79 Å². The Morgan fingerprint density at radius 1 is 0.949 bits per heavy atom. The molecule has 1 heterocycles. The first-order valence-electron chi connectivity index (χ1n) is 19.7. The zero-order valence-corrected chi connectivity index (χ0v) is 34.8. The van der Waals surface area contributed by atoms with E-state index in [-0.39, 0.29) is 29.7 Å². The summed E-state index contributed by atoms with van der Waals surface area (Å²) in [5.74, 6) is -5.02. The SMILES string of the molecule is CO[C@@H](C(=O)OC1C[C@]2(O)C(OC(=O)c3ccccc3)C3C4(OC(C)=O)CO[C@@H]4C[C@H](O)[C@@]3(C)C(=O)[C@H](O)C(=C1C)C2(C)C)C(NC(=O)OC(C)(C)C)c1ccccc1. The second kappa shape index (κ2) is 15.7. The molecule has 2 aromatic rings. The zero-order valence-electron chi connectivity index (χ0n) is 34.8. The third-order valence-corrected chi connectivity index (χ3v) is 12.8. The fourth-order valence-corrected chi connectivity index (χ4v) is 9.78. The molecule has 0 radical (unpaired) electrons. The van der Waals surface area contributed by atoms with E-state index < -0.39 is 112 Å². The summed E-state index contributed by atoms with van der Waals surface area (Å²) in [5, 5.41) is 40.4. The number of fused-ring (bicyclic) bond motifs is 5. The van der Waals surface area contributed by atoms with E-state index in [1.807, 2.05) is 0 Å². The largest absolute Gasteiger partial charge is 0.456 e. The highest BCUT2D eigenvalue weighted by molar-refractivity contribution is 5.94. The fraction of sp³-hybridized carbons (Fsp3) is 0.568. The van der Waals surface area contributed by atoms with Gasteiger partial charge in [-0.3, -0.25) is 9.59 Å². The summed E-state index contributed by atoms with van der Waals surface area (Å²) in [7, 11) is 1.26. The molecule has 1 amide bonds. The number of methoxy groups -OCH3 is 1. The predicted molar refractivity (Wildman–Crippen MR) is 208 cm³/mol. The number of aliphatic hydroxyl groups excluding tert-OH is 2. The third kappa shape index (κ3) is 7.45. The maximum absolute atomic E-state index is 15.0. The standard InChI is InChI=1S/C44H55NO14/c1-23-27(56-38(51)33(54-9)31(25-16-12-10-13-17-25)45-39(52)59-40(3,4)5)21-44(53)36(57-37(50)26-18-14-11-15-19-26)34-42(8,35(49)32(48)30(23)41(44,6)7)28(47)20-29-43(34,22-55-29)58-24(2)46/h10-19,27-29,31-34,36,47-48,53H,20-22H2,1-9H3,(H,45,52)/t27?,28-,29+,31?,32+,33+,34?,36?,42+,43?,44-/m0/s1. The molecule has 4 N–H and O–H groups in total. The van der Waals surface area contributed by atoms with Crippen molar-refractivity contribution in [2.24, 2.45) is 16.7 Å². The van der Waals surface area contributed by atoms with Gasteiger partial charge in [0.2, 0.25) is 0 Å². The van der Waals surface area contributed by atoms with E-state index in [4.69, 9.17) is 28.4 Å². The zero-order chi connectivity index (χ0) is 43.5. The van der Waals surface area contributed by atoms with Crippen LogP contribution in [0.25, 0.3) is 0 Å². The molecule has 15 nitrogen and oxygen atoms in total. The maximum Gasteiger partial charge on any atom is 0.408 e. The van der Waals surface area contributed by atoms with Crippen molar-refractivity contribution in [1.82, 2.24) is 5.32 Å². The summed E-state index contributed by atoms with van der Waals surface area (Å²) in [6.07, 6.45) is -10.6. The Morgan fingerprint density at radius 2 is 1.56 bits per heavy atom. The van der Waals surface area contributed by atoms with Crippen LogP contribution in [0.1, 0.15) is 90.2 Å². The number of carbonyl (C=O) groups excluding carboxylic acids is 5. The van der Waals surface area contributed by atoms with Gasteiger partial charge in [0.1, 0.15) is 35.6 Å². The van der Waals surface area contributed by atoms with Gasteiger partial charge in [-0.15, -0.1) is 0 Å². The van der Waals surface area contributed by atoms with Gasteiger partial charge in [-0.25, -0.2) is 14.4 Å². The monoisotopic (exact) mass is 821 g/mol. The molecule has 4 aliphatic rings. The number of esters is 3. The van der Waals surface area contributed by atoms with Crippen molar-refractivity contribution < 1.29 is 67.7 Å². The molecule has 15 heteroatoms. The number of nitrogens with one attached hydrogen (secondary N) is 1. The van der Waals surface area contributed by atoms with Crippen LogP contribution >= 0.6 is 0 Å². The van der Waals surface area contributed by atoms with Gasteiger partial charge >= 0.3 is 24.0 Å². The molecule has 2 aromatic carbocycles. The molecule has 2 bridgehead atoms. The van der Waals surface area contributed by atoms with Crippen LogP contribution in [0.2, 0.25) is 0 Å². The highest BCUT2D eigenvalue weighted by atomic mass is 16.6. The second-order valence-electron chi connectivity index (χ2n) is 17.8. The third-order valence-electron chi connectivity index (χ3n) is 12.8. The van der Waals surface area contributed by atoms with Gasteiger partial charge in [-0.1, -0.05) is 62.4 Å². The number of Topliss-reactive ketones (excluding diaryl/α,β-unsaturated/α-hetero) is 1. The summed E-state index contributed by atoms with van der Waals surface area (Å²) in [4.78, 5) is 69.6. The summed E-state index contributed by atoms with van der Waals surface area (Å²) < 4.78 is 35.6. The van der Waals surface area contributed by atoms with Gasteiger partial charge in [0.15, 0.2) is 17.5 Å². The van der Waals surface area contributed by atoms with Crippen molar-refractivity contribution >= 4 is 29.8 Å². The molecule has 1 saturated heterocycles. The number of hydrogen-bond acceptors (Lipinski definition) is 14. The Bertz CT molecular complexity index is 1990. The lowest BCUT2D eigenvalue weighted by Gasteiger charge is -2.67. The first kappa shape index (κ1) is 43.9. The maximum atomic E-state index is 15.0.